The van der Waals surface area contributed by atoms with Crippen LogP contribution in [0.3, 0.4) is 0 Å². The molecule has 1 rings (SSSR count). The molecule has 0 bridgehead atoms. The summed E-state index contributed by atoms with van der Waals surface area (Å²) in [4.78, 5) is 25.8. The van der Waals surface area contributed by atoms with Gasteiger partial charge in [0.15, 0.2) is 0 Å². The Bertz CT molecular complexity index is 317. The molecule has 1 atom stereocenters. The Kier molecular flexibility index (Phi) is 5.79. The predicted molar refractivity (Wildman–Crippen MR) is 71.6 cm³/mol. The summed E-state index contributed by atoms with van der Waals surface area (Å²) in [7, 11) is 1.56. The minimum Gasteiger partial charge on any atom is -0.466 e. The number of carbonyl (C=O) groups excluding carboxylic acids is 2. The molecule has 0 N–H and O–H groups in total. The first-order valence-corrected chi connectivity index (χ1v) is 6.99. The molecule has 0 aromatic rings. The van der Waals surface area contributed by atoms with E-state index in [2.05, 4.69) is 0 Å². The lowest BCUT2D eigenvalue weighted by Crippen LogP contribution is -2.51. The van der Waals surface area contributed by atoms with Crippen molar-refractivity contribution in [3.63, 3.8) is 0 Å². The van der Waals surface area contributed by atoms with E-state index in [9.17, 15) is 9.59 Å². The molecule has 0 spiro atoms. The first-order valence-electron chi connectivity index (χ1n) is 6.99. The van der Waals surface area contributed by atoms with Crippen LogP contribution in [-0.4, -0.2) is 49.2 Å². The number of carbonyl (C=O) groups is 2. The fourth-order valence-corrected chi connectivity index (χ4v) is 2.30. The number of hydrogen-bond acceptors (Lipinski definition) is 4. The number of amides is 1. The van der Waals surface area contributed by atoms with E-state index >= 15 is 0 Å². The van der Waals surface area contributed by atoms with Crippen molar-refractivity contribution in [1.29, 1.82) is 0 Å². The van der Waals surface area contributed by atoms with Crippen LogP contribution in [0.5, 0.6) is 0 Å². The van der Waals surface area contributed by atoms with Crippen LogP contribution in [0.15, 0.2) is 0 Å². The zero-order valence-corrected chi connectivity index (χ0v) is 12.4. The monoisotopic (exact) mass is 271 g/mol. The van der Waals surface area contributed by atoms with Gasteiger partial charge in [-0.05, 0) is 33.1 Å². The van der Waals surface area contributed by atoms with Gasteiger partial charge in [-0.3, -0.25) is 9.59 Å². The highest BCUT2D eigenvalue weighted by Crippen LogP contribution is 2.24. The van der Waals surface area contributed by atoms with Gasteiger partial charge in [-0.2, -0.15) is 0 Å². The highest BCUT2D eigenvalue weighted by atomic mass is 16.5. The van der Waals surface area contributed by atoms with Crippen molar-refractivity contribution >= 4 is 11.9 Å². The molecule has 5 heteroatoms. The molecule has 0 aromatic heterocycles. The van der Waals surface area contributed by atoms with Crippen LogP contribution >= 0.6 is 0 Å². The van der Waals surface area contributed by atoms with Gasteiger partial charge in [0, 0.05) is 20.2 Å². The number of piperidine rings is 1. The number of hydrogen-bond donors (Lipinski definition) is 0. The maximum Gasteiger partial charge on any atom is 0.309 e. The van der Waals surface area contributed by atoms with Crippen molar-refractivity contribution in [3.8, 4) is 0 Å². The zero-order valence-electron chi connectivity index (χ0n) is 12.4. The summed E-state index contributed by atoms with van der Waals surface area (Å²) in [5.41, 5.74) is -0.753. The largest absolute Gasteiger partial charge is 0.466 e. The van der Waals surface area contributed by atoms with Crippen molar-refractivity contribution in [2.75, 3.05) is 26.8 Å². The maximum atomic E-state index is 12.4. The molecule has 1 aliphatic heterocycles. The second kappa shape index (κ2) is 6.89. The van der Waals surface area contributed by atoms with E-state index in [4.69, 9.17) is 9.47 Å². The molecule has 0 aliphatic carbocycles. The van der Waals surface area contributed by atoms with Gasteiger partial charge in [0.1, 0.15) is 5.60 Å². The smallest absolute Gasteiger partial charge is 0.309 e. The summed E-state index contributed by atoms with van der Waals surface area (Å²) in [6, 6.07) is 0. The fraction of sp³-hybridized carbons (Fsp3) is 0.857. The highest BCUT2D eigenvalue weighted by Gasteiger charge is 2.37. The molecule has 1 saturated heterocycles. The molecule has 1 fully saturated rings. The third-order valence-corrected chi connectivity index (χ3v) is 3.98. The molecule has 1 aliphatic rings. The SMILES string of the molecule is CCOC(=O)C1CCN(C(=O)C(C)(CC)OC)CC1. The summed E-state index contributed by atoms with van der Waals surface area (Å²) in [6.45, 7) is 7.17. The number of likely N-dealkylation sites (tertiary alicyclic amines) is 1. The Hall–Kier alpha value is -1.10. The summed E-state index contributed by atoms with van der Waals surface area (Å²) in [5.74, 6) is -0.196. The summed E-state index contributed by atoms with van der Waals surface area (Å²) >= 11 is 0. The van der Waals surface area contributed by atoms with E-state index in [1.807, 2.05) is 20.8 Å². The molecule has 19 heavy (non-hydrogen) atoms. The molecule has 1 unspecified atom stereocenters. The number of rotatable bonds is 5. The number of nitrogens with zero attached hydrogens (tertiary/aromatic N) is 1. The quantitative estimate of drug-likeness (QED) is 0.713. The second-order valence-electron chi connectivity index (χ2n) is 5.11. The molecular formula is C14H25NO4. The first-order chi connectivity index (χ1) is 8.98. The summed E-state index contributed by atoms with van der Waals surface area (Å²) in [6.07, 6.45) is 1.99. The van der Waals surface area contributed by atoms with Crippen LogP contribution in [0.2, 0.25) is 0 Å². The van der Waals surface area contributed by atoms with Crippen molar-refractivity contribution in [2.45, 2.75) is 45.6 Å². The van der Waals surface area contributed by atoms with Crippen LogP contribution in [0.1, 0.15) is 40.0 Å². The molecule has 1 amide bonds. The van der Waals surface area contributed by atoms with Gasteiger partial charge in [-0.15, -0.1) is 0 Å². The average Bonchev–Trinajstić information content (AvgIpc) is 2.46. The maximum absolute atomic E-state index is 12.4. The highest BCUT2D eigenvalue weighted by molar-refractivity contribution is 5.85. The first kappa shape index (κ1) is 16.0. The molecule has 0 aromatic carbocycles. The van der Waals surface area contributed by atoms with Gasteiger partial charge in [0.05, 0.1) is 12.5 Å². The fourth-order valence-electron chi connectivity index (χ4n) is 2.30. The normalized spacial score (nSPS) is 19.9. The standard InChI is InChI=1S/C14H25NO4/c1-5-14(3,18-4)13(17)15-9-7-11(8-10-15)12(16)19-6-2/h11H,5-10H2,1-4H3. The number of ether oxygens (including phenoxy) is 2. The van der Waals surface area contributed by atoms with E-state index in [1.54, 1.807) is 12.0 Å². The van der Waals surface area contributed by atoms with Gasteiger partial charge in [-0.25, -0.2) is 0 Å². The molecular weight excluding hydrogens is 246 g/mol. The van der Waals surface area contributed by atoms with E-state index in [0.29, 0.717) is 39.0 Å². The van der Waals surface area contributed by atoms with Crippen molar-refractivity contribution in [1.82, 2.24) is 4.90 Å². The molecule has 0 radical (unpaired) electrons. The van der Waals surface area contributed by atoms with Crippen LogP contribution in [-0.2, 0) is 19.1 Å². The van der Waals surface area contributed by atoms with Crippen LogP contribution < -0.4 is 0 Å². The van der Waals surface area contributed by atoms with E-state index in [1.165, 1.54) is 0 Å². The predicted octanol–water partition coefficient (Wildman–Crippen LogP) is 1.60. The lowest BCUT2D eigenvalue weighted by atomic mass is 9.94. The summed E-state index contributed by atoms with van der Waals surface area (Å²) in [5, 5.41) is 0. The Morgan fingerprint density at radius 3 is 2.26 bits per heavy atom. The molecule has 110 valence electrons. The second-order valence-corrected chi connectivity index (χ2v) is 5.11. The number of esters is 1. The van der Waals surface area contributed by atoms with Crippen molar-refractivity contribution in [2.24, 2.45) is 5.92 Å². The zero-order chi connectivity index (χ0) is 14.5. The molecule has 0 saturated carbocycles. The van der Waals surface area contributed by atoms with Gasteiger partial charge in [-0.1, -0.05) is 6.92 Å². The third-order valence-electron chi connectivity index (χ3n) is 3.98. The Morgan fingerprint density at radius 2 is 1.84 bits per heavy atom. The Labute approximate surface area is 115 Å². The topological polar surface area (TPSA) is 55.8 Å². The van der Waals surface area contributed by atoms with E-state index in [0.717, 1.165) is 0 Å². The van der Waals surface area contributed by atoms with Gasteiger partial charge < -0.3 is 14.4 Å². The van der Waals surface area contributed by atoms with Gasteiger partial charge in [0.25, 0.3) is 5.91 Å². The van der Waals surface area contributed by atoms with E-state index in [-0.39, 0.29) is 17.8 Å². The van der Waals surface area contributed by atoms with Crippen LogP contribution in [0.4, 0.5) is 0 Å². The van der Waals surface area contributed by atoms with E-state index < -0.39 is 5.60 Å². The Morgan fingerprint density at radius 1 is 1.26 bits per heavy atom. The van der Waals surface area contributed by atoms with Gasteiger partial charge in [0.2, 0.25) is 0 Å². The van der Waals surface area contributed by atoms with Crippen molar-refractivity contribution < 1.29 is 19.1 Å². The minimum absolute atomic E-state index is 0.0137. The lowest BCUT2D eigenvalue weighted by Gasteiger charge is -2.36. The molecule has 1 heterocycles. The average molecular weight is 271 g/mol. The lowest BCUT2D eigenvalue weighted by molar-refractivity contribution is -0.158. The third kappa shape index (κ3) is 3.69. The van der Waals surface area contributed by atoms with Crippen LogP contribution in [0.25, 0.3) is 0 Å². The minimum atomic E-state index is -0.753. The molecule has 5 nitrogen and oxygen atoms in total. The van der Waals surface area contributed by atoms with Crippen LogP contribution in [0, 0.1) is 5.92 Å². The Balaban J connectivity index is 2.54. The van der Waals surface area contributed by atoms with Gasteiger partial charge >= 0.3 is 5.97 Å². The number of methoxy groups -OCH3 is 1. The van der Waals surface area contributed by atoms with Crippen molar-refractivity contribution in [3.05, 3.63) is 0 Å². The summed E-state index contributed by atoms with van der Waals surface area (Å²) < 4.78 is 10.4.